The topological polar surface area (TPSA) is 58.4 Å². The zero-order chi connectivity index (χ0) is 21.7. The first kappa shape index (κ1) is 22.3. The molecule has 1 aromatic heterocycles. The van der Waals surface area contributed by atoms with E-state index in [9.17, 15) is 18.0 Å². The number of alkyl halides is 3. The van der Waals surface area contributed by atoms with Crippen molar-refractivity contribution >= 4 is 5.91 Å². The lowest BCUT2D eigenvalue weighted by molar-refractivity contribution is -0.137. The van der Waals surface area contributed by atoms with Gasteiger partial charge in [-0.15, -0.1) is 0 Å². The number of hydrogen-bond donors (Lipinski definition) is 1. The molecule has 0 aliphatic carbocycles. The van der Waals surface area contributed by atoms with E-state index >= 15 is 0 Å². The van der Waals surface area contributed by atoms with Crippen molar-refractivity contribution < 1.29 is 22.5 Å². The number of amides is 1. The van der Waals surface area contributed by atoms with Crippen LogP contribution >= 0.6 is 0 Å². The molecule has 1 aliphatic rings. The summed E-state index contributed by atoms with van der Waals surface area (Å²) < 4.78 is 43.7. The van der Waals surface area contributed by atoms with E-state index in [1.807, 2.05) is 13.8 Å². The van der Waals surface area contributed by atoms with Crippen molar-refractivity contribution in [2.24, 2.45) is 5.92 Å². The van der Waals surface area contributed by atoms with E-state index in [2.05, 4.69) is 15.4 Å². The SMILES string of the molecule is Cc1noc(C)c1CCNC(=O)CC1CCN(Cc2cccc(C(F)(F)F)c2)CC1. The van der Waals surface area contributed by atoms with Crippen molar-refractivity contribution in [1.82, 2.24) is 15.4 Å². The molecule has 1 amide bonds. The third-order valence-electron chi connectivity index (χ3n) is 5.72. The van der Waals surface area contributed by atoms with E-state index in [0.717, 1.165) is 49.0 Å². The van der Waals surface area contributed by atoms with Crippen LogP contribution in [0, 0.1) is 19.8 Å². The van der Waals surface area contributed by atoms with E-state index in [4.69, 9.17) is 4.52 Å². The normalized spacial score (nSPS) is 16.0. The summed E-state index contributed by atoms with van der Waals surface area (Å²) in [6.07, 6.45) is -1.39. The van der Waals surface area contributed by atoms with Gasteiger partial charge in [-0.3, -0.25) is 9.69 Å². The molecule has 2 heterocycles. The number of halogens is 3. The minimum atomic E-state index is -4.32. The fourth-order valence-corrected chi connectivity index (χ4v) is 3.97. The van der Waals surface area contributed by atoms with Gasteiger partial charge in [-0.2, -0.15) is 13.2 Å². The van der Waals surface area contributed by atoms with Gasteiger partial charge in [-0.05, 0) is 63.7 Å². The van der Waals surface area contributed by atoms with Gasteiger partial charge in [-0.1, -0.05) is 23.4 Å². The second-order valence-corrected chi connectivity index (χ2v) is 8.02. The van der Waals surface area contributed by atoms with Crippen LogP contribution in [0.2, 0.25) is 0 Å². The summed E-state index contributed by atoms with van der Waals surface area (Å²) in [5, 5.41) is 6.88. The molecule has 5 nitrogen and oxygen atoms in total. The van der Waals surface area contributed by atoms with Gasteiger partial charge in [0.2, 0.25) is 5.91 Å². The number of carbonyl (C=O) groups excluding carboxylic acids is 1. The highest BCUT2D eigenvalue weighted by Crippen LogP contribution is 2.30. The number of rotatable bonds is 7. The summed E-state index contributed by atoms with van der Waals surface area (Å²) in [4.78, 5) is 14.4. The number of nitrogens with zero attached hydrogens (tertiary/aromatic N) is 2. The van der Waals surface area contributed by atoms with Crippen LogP contribution in [-0.4, -0.2) is 35.6 Å². The molecular weight excluding hydrogens is 395 g/mol. The molecule has 2 aromatic rings. The Morgan fingerprint density at radius 1 is 1.27 bits per heavy atom. The highest BCUT2D eigenvalue weighted by Gasteiger charge is 2.30. The van der Waals surface area contributed by atoms with Crippen LogP contribution in [-0.2, 0) is 23.9 Å². The Morgan fingerprint density at radius 2 is 2.00 bits per heavy atom. The van der Waals surface area contributed by atoms with Gasteiger partial charge in [0, 0.05) is 25.1 Å². The summed E-state index contributed by atoms with van der Waals surface area (Å²) in [5.74, 6) is 1.13. The Labute approximate surface area is 174 Å². The highest BCUT2D eigenvalue weighted by molar-refractivity contribution is 5.76. The molecule has 1 aromatic carbocycles. The predicted octanol–water partition coefficient (Wildman–Crippen LogP) is 4.27. The molecule has 0 saturated carbocycles. The third kappa shape index (κ3) is 6.08. The van der Waals surface area contributed by atoms with Crippen molar-refractivity contribution in [3.05, 3.63) is 52.4 Å². The Hall–Kier alpha value is -2.35. The maximum atomic E-state index is 12.9. The van der Waals surface area contributed by atoms with Crippen LogP contribution in [0.15, 0.2) is 28.8 Å². The average Bonchev–Trinajstić information content (AvgIpc) is 3.01. The van der Waals surface area contributed by atoms with Gasteiger partial charge in [-0.25, -0.2) is 0 Å². The molecule has 0 atom stereocenters. The number of aromatic nitrogens is 1. The lowest BCUT2D eigenvalue weighted by Crippen LogP contribution is -2.36. The molecule has 164 valence electrons. The summed E-state index contributed by atoms with van der Waals surface area (Å²) in [5.41, 5.74) is 1.96. The van der Waals surface area contributed by atoms with E-state index in [1.165, 1.54) is 12.1 Å². The maximum Gasteiger partial charge on any atom is 0.416 e. The second-order valence-electron chi connectivity index (χ2n) is 8.02. The fraction of sp³-hybridized carbons (Fsp3) is 0.545. The lowest BCUT2D eigenvalue weighted by Gasteiger charge is -2.31. The minimum Gasteiger partial charge on any atom is -0.361 e. The molecule has 0 bridgehead atoms. The van der Waals surface area contributed by atoms with Crippen molar-refractivity contribution in [1.29, 1.82) is 0 Å². The first-order valence-electron chi connectivity index (χ1n) is 10.3. The number of piperidine rings is 1. The molecule has 1 N–H and O–H groups in total. The van der Waals surface area contributed by atoms with Crippen LogP contribution in [0.1, 0.15) is 47.4 Å². The van der Waals surface area contributed by atoms with Crippen LogP contribution in [0.5, 0.6) is 0 Å². The number of carbonyl (C=O) groups is 1. The largest absolute Gasteiger partial charge is 0.416 e. The van der Waals surface area contributed by atoms with Crippen molar-refractivity contribution in [2.45, 2.75) is 52.3 Å². The molecular formula is C22H28F3N3O2. The number of aryl methyl sites for hydroxylation is 2. The molecule has 1 fully saturated rings. The van der Waals surface area contributed by atoms with E-state index in [-0.39, 0.29) is 5.91 Å². The Balaban J connectivity index is 1.39. The standard InChI is InChI=1S/C22H28F3N3O2/c1-15-20(16(2)30-27-15)6-9-26-21(29)13-17-7-10-28(11-8-17)14-18-4-3-5-19(12-18)22(23,24)25/h3-5,12,17H,6-11,13-14H2,1-2H3,(H,26,29). The van der Waals surface area contributed by atoms with Gasteiger partial charge in [0.15, 0.2) is 0 Å². The smallest absolute Gasteiger partial charge is 0.361 e. The van der Waals surface area contributed by atoms with Crippen LogP contribution in [0.25, 0.3) is 0 Å². The van der Waals surface area contributed by atoms with Crippen LogP contribution in [0.4, 0.5) is 13.2 Å². The zero-order valence-corrected chi connectivity index (χ0v) is 17.4. The Bertz CT molecular complexity index is 836. The predicted molar refractivity (Wildman–Crippen MR) is 107 cm³/mol. The number of hydrogen-bond acceptors (Lipinski definition) is 4. The third-order valence-corrected chi connectivity index (χ3v) is 5.72. The van der Waals surface area contributed by atoms with Gasteiger partial charge in [0.1, 0.15) is 5.76 Å². The molecule has 0 spiro atoms. The molecule has 0 unspecified atom stereocenters. The van der Waals surface area contributed by atoms with Crippen molar-refractivity contribution in [3.8, 4) is 0 Å². The fourth-order valence-electron chi connectivity index (χ4n) is 3.97. The molecule has 3 rings (SSSR count). The summed E-state index contributed by atoms with van der Waals surface area (Å²) in [6.45, 7) is 6.38. The second kappa shape index (κ2) is 9.64. The highest BCUT2D eigenvalue weighted by atomic mass is 19.4. The summed E-state index contributed by atoms with van der Waals surface area (Å²) >= 11 is 0. The summed E-state index contributed by atoms with van der Waals surface area (Å²) in [7, 11) is 0. The monoisotopic (exact) mass is 423 g/mol. The van der Waals surface area contributed by atoms with Gasteiger partial charge in [0.25, 0.3) is 0 Å². The summed E-state index contributed by atoms with van der Waals surface area (Å²) in [6, 6.07) is 5.50. The molecule has 30 heavy (non-hydrogen) atoms. The first-order chi connectivity index (χ1) is 14.2. The average molecular weight is 423 g/mol. The number of nitrogens with one attached hydrogen (secondary N) is 1. The molecule has 8 heteroatoms. The van der Waals surface area contributed by atoms with Gasteiger partial charge < -0.3 is 9.84 Å². The van der Waals surface area contributed by atoms with Gasteiger partial charge in [0.05, 0.1) is 11.3 Å². The minimum absolute atomic E-state index is 0.0399. The maximum absolute atomic E-state index is 12.9. The van der Waals surface area contributed by atoms with E-state index < -0.39 is 11.7 Å². The van der Waals surface area contributed by atoms with Crippen molar-refractivity contribution in [3.63, 3.8) is 0 Å². The van der Waals surface area contributed by atoms with Crippen molar-refractivity contribution in [2.75, 3.05) is 19.6 Å². The zero-order valence-electron chi connectivity index (χ0n) is 17.4. The van der Waals surface area contributed by atoms with Crippen LogP contribution < -0.4 is 5.32 Å². The Morgan fingerprint density at radius 3 is 2.63 bits per heavy atom. The molecule has 1 aliphatic heterocycles. The van der Waals surface area contributed by atoms with E-state index in [1.54, 1.807) is 6.07 Å². The van der Waals surface area contributed by atoms with Gasteiger partial charge >= 0.3 is 6.18 Å². The lowest BCUT2D eigenvalue weighted by atomic mass is 9.93. The quantitative estimate of drug-likeness (QED) is 0.723. The van der Waals surface area contributed by atoms with E-state index in [0.29, 0.717) is 37.4 Å². The molecule has 0 radical (unpaired) electrons. The number of likely N-dealkylation sites (tertiary alicyclic amines) is 1. The Kier molecular flexibility index (Phi) is 7.18. The molecule has 1 saturated heterocycles. The first-order valence-corrected chi connectivity index (χ1v) is 10.3. The number of benzene rings is 1. The van der Waals surface area contributed by atoms with Crippen LogP contribution in [0.3, 0.4) is 0 Å².